The molecule has 0 radical (unpaired) electrons. The van der Waals surface area contributed by atoms with Gasteiger partial charge in [-0.1, -0.05) is 19.1 Å². The van der Waals surface area contributed by atoms with Crippen LogP contribution in [0.15, 0.2) is 35.1 Å². The van der Waals surface area contributed by atoms with E-state index in [1.807, 2.05) is 26.0 Å². The van der Waals surface area contributed by atoms with E-state index in [1.165, 1.54) is 6.07 Å². The van der Waals surface area contributed by atoms with E-state index in [-0.39, 0.29) is 11.6 Å². The number of carbonyl (C=O) groups excluding carboxylic acids is 1. The summed E-state index contributed by atoms with van der Waals surface area (Å²) in [5.74, 6) is 0. The lowest BCUT2D eigenvalue weighted by atomic mass is 10.1. The maximum absolute atomic E-state index is 11.5. The van der Waals surface area contributed by atoms with Crippen LogP contribution in [0.4, 0.5) is 10.5 Å². The summed E-state index contributed by atoms with van der Waals surface area (Å²) in [4.78, 5) is 22.7. The van der Waals surface area contributed by atoms with Crippen LogP contribution in [0.5, 0.6) is 0 Å². The zero-order chi connectivity index (χ0) is 15.2. The Morgan fingerprint density at radius 2 is 2.00 bits per heavy atom. The molecule has 0 saturated carbocycles. The van der Waals surface area contributed by atoms with E-state index in [1.54, 1.807) is 12.1 Å². The Bertz CT molecular complexity index is 677. The van der Waals surface area contributed by atoms with E-state index in [2.05, 4.69) is 20.8 Å². The number of aryl methyl sites for hydroxylation is 1. The molecule has 0 unspecified atom stereocenters. The minimum Gasteiger partial charge on any atom is -0.338 e. The maximum Gasteiger partial charge on any atom is 0.319 e. The first kappa shape index (κ1) is 14.8. The molecule has 1 aromatic heterocycles. The SMILES string of the molecule is CCCNC(=O)Nc1ccc(-c2n[nH]c(=O)cc2C)cc1. The molecule has 0 aliphatic heterocycles. The lowest BCUT2D eigenvalue weighted by molar-refractivity contribution is 0.252. The second-order valence-electron chi connectivity index (χ2n) is 4.72. The minimum absolute atomic E-state index is 0.219. The molecule has 2 rings (SSSR count). The fraction of sp³-hybridized carbons (Fsp3) is 0.267. The average molecular weight is 286 g/mol. The molecule has 2 amide bonds. The van der Waals surface area contributed by atoms with E-state index >= 15 is 0 Å². The van der Waals surface area contributed by atoms with Crippen molar-refractivity contribution in [3.63, 3.8) is 0 Å². The molecule has 1 aromatic carbocycles. The maximum atomic E-state index is 11.5. The molecule has 0 fully saturated rings. The number of amides is 2. The van der Waals surface area contributed by atoms with Crippen LogP contribution in [0.3, 0.4) is 0 Å². The van der Waals surface area contributed by atoms with E-state index in [4.69, 9.17) is 0 Å². The van der Waals surface area contributed by atoms with Crippen molar-refractivity contribution in [1.29, 1.82) is 0 Å². The molecular weight excluding hydrogens is 268 g/mol. The van der Waals surface area contributed by atoms with Crippen molar-refractivity contribution < 1.29 is 4.79 Å². The van der Waals surface area contributed by atoms with Gasteiger partial charge in [-0.3, -0.25) is 4.79 Å². The molecule has 0 saturated heterocycles. The molecule has 21 heavy (non-hydrogen) atoms. The summed E-state index contributed by atoms with van der Waals surface area (Å²) in [6.45, 7) is 4.47. The van der Waals surface area contributed by atoms with Crippen molar-refractivity contribution >= 4 is 11.7 Å². The van der Waals surface area contributed by atoms with Crippen molar-refractivity contribution in [2.45, 2.75) is 20.3 Å². The van der Waals surface area contributed by atoms with Gasteiger partial charge in [0.15, 0.2) is 0 Å². The number of nitrogens with one attached hydrogen (secondary N) is 3. The summed E-state index contributed by atoms with van der Waals surface area (Å²) >= 11 is 0. The van der Waals surface area contributed by atoms with Gasteiger partial charge in [0, 0.05) is 23.9 Å². The second-order valence-corrected chi connectivity index (χ2v) is 4.72. The van der Waals surface area contributed by atoms with Crippen LogP contribution >= 0.6 is 0 Å². The van der Waals surface area contributed by atoms with Gasteiger partial charge >= 0.3 is 6.03 Å². The van der Waals surface area contributed by atoms with E-state index in [0.29, 0.717) is 12.2 Å². The normalized spacial score (nSPS) is 10.2. The topological polar surface area (TPSA) is 86.9 Å². The van der Waals surface area contributed by atoms with Crippen LogP contribution in [0.1, 0.15) is 18.9 Å². The molecule has 0 aliphatic rings. The van der Waals surface area contributed by atoms with Gasteiger partial charge in [0.2, 0.25) is 0 Å². The number of urea groups is 1. The third kappa shape index (κ3) is 3.92. The van der Waals surface area contributed by atoms with Crippen molar-refractivity contribution in [3.05, 3.63) is 46.2 Å². The Kier molecular flexibility index (Phi) is 4.71. The Morgan fingerprint density at radius 1 is 1.29 bits per heavy atom. The Hall–Kier alpha value is -2.63. The van der Waals surface area contributed by atoms with Crippen LogP contribution in [0.25, 0.3) is 11.3 Å². The lowest BCUT2D eigenvalue weighted by Gasteiger charge is -2.08. The smallest absolute Gasteiger partial charge is 0.319 e. The van der Waals surface area contributed by atoms with E-state index < -0.39 is 0 Å². The third-order valence-corrected chi connectivity index (χ3v) is 2.95. The van der Waals surface area contributed by atoms with Gasteiger partial charge in [0.05, 0.1) is 5.69 Å². The van der Waals surface area contributed by atoms with Crippen molar-refractivity contribution in [1.82, 2.24) is 15.5 Å². The zero-order valence-electron chi connectivity index (χ0n) is 12.1. The van der Waals surface area contributed by atoms with Gasteiger partial charge in [-0.05, 0) is 31.0 Å². The third-order valence-electron chi connectivity index (χ3n) is 2.95. The highest BCUT2D eigenvalue weighted by Gasteiger charge is 2.05. The summed E-state index contributed by atoms with van der Waals surface area (Å²) in [6, 6.07) is 8.59. The quantitative estimate of drug-likeness (QED) is 0.805. The largest absolute Gasteiger partial charge is 0.338 e. The van der Waals surface area contributed by atoms with Crippen LogP contribution in [-0.2, 0) is 0 Å². The zero-order valence-corrected chi connectivity index (χ0v) is 12.1. The molecule has 1 heterocycles. The fourth-order valence-electron chi connectivity index (χ4n) is 1.91. The van der Waals surface area contributed by atoms with Crippen LogP contribution in [-0.4, -0.2) is 22.8 Å². The lowest BCUT2D eigenvalue weighted by Crippen LogP contribution is -2.29. The minimum atomic E-state index is -0.220. The summed E-state index contributed by atoms with van der Waals surface area (Å²) in [5, 5.41) is 12.0. The number of rotatable bonds is 4. The number of hydrogen-bond donors (Lipinski definition) is 3. The molecule has 6 nitrogen and oxygen atoms in total. The summed E-state index contributed by atoms with van der Waals surface area (Å²) in [5.41, 5.74) is 2.89. The number of aromatic nitrogens is 2. The van der Waals surface area contributed by atoms with E-state index in [9.17, 15) is 9.59 Å². The summed E-state index contributed by atoms with van der Waals surface area (Å²) in [7, 11) is 0. The predicted octanol–water partition coefficient (Wildman–Crippen LogP) is 2.28. The number of hydrogen-bond acceptors (Lipinski definition) is 3. The summed E-state index contributed by atoms with van der Waals surface area (Å²) < 4.78 is 0. The number of H-pyrrole nitrogens is 1. The number of nitrogens with zero attached hydrogens (tertiary/aromatic N) is 1. The van der Waals surface area contributed by atoms with Gasteiger partial charge in [-0.25, -0.2) is 9.89 Å². The van der Waals surface area contributed by atoms with Gasteiger partial charge < -0.3 is 10.6 Å². The summed E-state index contributed by atoms with van der Waals surface area (Å²) in [6.07, 6.45) is 0.892. The first-order chi connectivity index (χ1) is 10.1. The van der Waals surface area contributed by atoms with Gasteiger partial charge in [-0.2, -0.15) is 5.10 Å². The van der Waals surface area contributed by atoms with Crippen LogP contribution < -0.4 is 16.2 Å². The molecular formula is C15H18N4O2. The van der Waals surface area contributed by atoms with Crippen molar-refractivity contribution in [2.24, 2.45) is 0 Å². The molecule has 0 spiro atoms. The van der Waals surface area contributed by atoms with E-state index in [0.717, 1.165) is 23.2 Å². The Labute approximate surface area is 122 Å². The molecule has 2 aromatic rings. The standard InChI is InChI=1S/C15H18N4O2/c1-3-8-16-15(21)17-12-6-4-11(5-7-12)14-10(2)9-13(20)18-19-14/h4-7,9H,3,8H2,1-2H3,(H,18,20)(H2,16,17,21). The molecule has 0 bridgehead atoms. The van der Waals surface area contributed by atoms with Crippen molar-refractivity contribution in [3.8, 4) is 11.3 Å². The predicted molar refractivity (Wildman–Crippen MR) is 82.3 cm³/mol. The Morgan fingerprint density at radius 3 is 2.62 bits per heavy atom. The molecule has 3 N–H and O–H groups in total. The second kappa shape index (κ2) is 6.69. The molecule has 0 atom stereocenters. The first-order valence-corrected chi connectivity index (χ1v) is 6.81. The van der Waals surface area contributed by atoms with Crippen LogP contribution in [0.2, 0.25) is 0 Å². The molecule has 110 valence electrons. The van der Waals surface area contributed by atoms with Gasteiger partial charge in [-0.15, -0.1) is 0 Å². The number of carbonyl (C=O) groups is 1. The van der Waals surface area contributed by atoms with Gasteiger partial charge in [0.1, 0.15) is 0 Å². The fourth-order valence-corrected chi connectivity index (χ4v) is 1.91. The molecule has 6 heteroatoms. The van der Waals surface area contributed by atoms with Gasteiger partial charge in [0.25, 0.3) is 5.56 Å². The highest BCUT2D eigenvalue weighted by molar-refractivity contribution is 5.89. The number of anilines is 1. The monoisotopic (exact) mass is 286 g/mol. The molecule has 0 aliphatic carbocycles. The van der Waals surface area contributed by atoms with Crippen LogP contribution in [0, 0.1) is 6.92 Å². The number of aromatic amines is 1. The first-order valence-electron chi connectivity index (χ1n) is 6.81. The average Bonchev–Trinajstić information content (AvgIpc) is 2.46. The Balaban J connectivity index is 2.11. The highest BCUT2D eigenvalue weighted by Crippen LogP contribution is 2.21. The number of benzene rings is 1. The van der Waals surface area contributed by atoms with Crippen molar-refractivity contribution in [2.75, 3.05) is 11.9 Å². The highest BCUT2D eigenvalue weighted by atomic mass is 16.2.